The number of anilines is 1. The van der Waals surface area contributed by atoms with E-state index in [0.717, 1.165) is 4.47 Å². The minimum atomic E-state index is -1.46. The first-order valence-electron chi connectivity index (χ1n) is 7.52. The molecule has 1 aromatic rings. The number of nitrogens with zero attached hydrogens (tertiary/aromatic N) is 1. The highest BCUT2D eigenvalue weighted by Crippen LogP contribution is 2.29. The van der Waals surface area contributed by atoms with Gasteiger partial charge < -0.3 is 9.47 Å². The van der Waals surface area contributed by atoms with Crippen molar-refractivity contribution in [2.45, 2.75) is 31.1 Å². The summed E-state index contributed by atoms with van der Waals surface area (Å²) < 4.78 is 22.2. The number of benzene rings is 1. The highest BCUT2D eigenvalue weighted by atomic mass is 79.9. The standard InChI is InChI=1S/C16H20BrNO5S/c1-4-22-14(19)16(2,24(3)21)9-13-10-18(15(20)23-13)12-7-5-11(17)6-8-12/h5-8,13H,4,9-10H2,1-3H3. The number of carbonyl (C=O) groups excluding carboxylic acids is 2. The van der Waals surface area contributed by atoms with Crippen molar-refractivity contribution in [3.05, 3.63) is 28.7 Å². The Balaban J connectivity index is 2.13. The van der Waals surface area contributed by atoms with Crippen molar-refractivity contribution >= 4 is 44.5 Å². The quantitative estimate of drug-likeness (QED) is 0.665. The smallest absolute Gasteiger partial charge is 0.414 e. The van der Waals surface area contributed by atoms with E-state index in [4.69, 9.17) is 9.47 Å². The molecular formula is C16H20BrNO5S. The molecule has 0 aliphatic carbocycles. The van der Waals surface area contributed by atoms with Gasteiger partial charge in [0.05, 0.1) is 13.2 Å². The van der Waals surface area contributed by atoms with Crippen molar-refractivity contribution in [1.82, 2.24) is 0 Å². The molecular weight excluding hydrogens is 398 g/mol. The zero-order valence-corrected chi connectivity index (χ0v) is 16.2. The van der Waals surface area contributed by atoms with E-state index in [1.807, 2.05) is 12.1 Å². The molecule has 24 heavy (non-hydrogen) atoms. The SMILES string of the molecule is CCOC(=O)C(C)(CC1CN(c2ccc(Br)cc2)C(=O)O1)S(C)=O. The van der Waals surface area contributed by atoms with Crippen molar-refractivity contribution in [3.63, 3.8) is 0 Å². The van der Waals surface area contributed by atoms with Crippen molar-refractivity contribution in [2.24, 2.45) is 0 Å². The van der Waals surface area contributed by atoms with Crippen LogP contribution in [0.1, 0.15) is 20.3 Å². The Morgan fingerprint density at radius 1 is 1.46 bits per heavy atom. The van der Waals surface area contributed by atoms with Gasteiger partial charge in [0.1, 0.15) is 10.9 Å². The minimum Gasteiger partial charge on any atom is -0.465 e. The topological polar surface area (TPSA) is 72.9 Å². The second-order valence-electron chi connectivity index (χ2n) is 5.70. The Hall–Kier alpha value is -1.41. The number of ether oxygens (including phenoxy) is 2. The van der Waals surface area contributed by atoms with Gasteiger partial charge >= 0.3 is 12.1 Å². The summed E-state index contributed by atoms with van der Waals surface area (Å²) in [6.07, 6.45) is 0.600. The van der Waals surface area contributed by atoms with Crippen LogP contribution in [0.5, 0.6) is 0 Å². The lowest BCUT2D eigenvalue weighted by molar-refractivity contribution is -0.146. The monoisotopic (exact) mass is 417 g/mol. The summed E-state index contributed by atoms with van der Waals surface area (Å²) in [6.45, 7) is 3.78. The van der Waals surface area contributed by atoms with Crippen LogP contribution in [0.2, 0.25) is 0 Å². The van der Waals surface area contributed by atoms with Gasteiger partial charge in [-0.25, -0.2) is 4.79 Å². The maximum absolute atomic E-state index is 12.2. The van der Waals surface area contributed by atoms with E-state index in [9.17, 15) is 13.8 Å². The zero-order chi connectivity index (χ0) is 17.9. The molecule has 2 rings (SSSR count). The summed E-state index contributed by atoms with van der Waals surface area (Å²) in [5.74, 6) is -0.538. The number of hydrogen-bond donors (Lipinski definition) is 0. The molecule has 0 saturated carbocycles. The Kier molecular flexibility index (Phi) is 6.03. The molecule has 0 spiro atoms. The van der Waals surface area contributed by atoms with Gasteiger partial charge in [0.2, 0.25) is 0 Å². The largest absolute Gasteiger partial charge is 0.465 e. The normalized spacial score (nSPS) is 21.1. The van der Waals surface area contributed by atoms with Crippen LogP contribution < -0.4 is 4.90 Å². The maximum Gasteiger partial charge on any atom is 0.414 e. The summed E-state index contributed by atoms with van der Waals surface area (Å²) in [7, 11) is -1.46. The summed E-state index contributed by atoms with van der Waals surface area (Å²) in [5.41, 5.74) is 0.709. The van der Waals surface area contributed by atoms with Crippen LogP contribution >= 0.6 is 15.9 Å². The first-order chi connectivity index (χ1) is 11.3. The fourth-order valence-electron chi connectivity index (χ4n) is 2.50. The summed E-state index contributed by atoms with van der Waals surface area (Å²) >= 11 is 3.35. The fourth-order valence-corrected chi connectivity index (χ4v) is 3.47. The van der Waals surface area contributed by atoms with Crippen LogP contribution in [0.15, 0.2) is 28.7 Å². The van der Waals surface area contributed by atoms with Crippen molar-refractivity contribution in [3.8, 4) is 0 Å². The molecule has 0 aromatic heterocycles. The van der Waals surface area contributed by atoms with Crippen LogP contribution in [0.25, 0.3) is 0 Å². The molecule has 6 nitrogen and oxygen atoms in total. The van der Waals surface area contributed by atoms with Crippen molar-refractivity contribution in [1.29, 1.82) is 0 Å². The molecule has 1 aliphatic heterocycles. The van der Waals surface area contributed by atoms with Crippen LogP contribution in [-0.2, 0) is 25.1 Å². The van der Waals surface area contributed by atoms with Gasteiger partial charge in [-0.05, 0) is 38.1 Å². The molecule has 0 radical (unpaired) electrons. The number of amides is 1. The fraction of sp³-hybridized carbons (Fsp3) is 0.500. The predicted molar refractivity (Wildman–Crippen MR) is 95.5 cm³/mol. The van der Waals surface area contributed by atoms with Crippen LogP contribution in [0, 0.1) is 0 Å². The second-order valence-corrected chi connectivity index (χ2v) is 8.43. The third-order valence-electron chi connectivity index (χ3n) is 3.97. The molecule has 132 valence electrons. The van der Waals surface area contributed by atoms with Gasteiger partial charge in [0, 0.05) is 33.6 Å². The molecule has 1 saturated heterocycles. The van der Waals surface area contributed by atoms with E-state index in [1.54, 1.807) is 26.0 Å². The van der Waals surface area contributed by atoms with Gasteiger partial charge in [0.25, 0.3) is 0 Å². The highest BCUT2D eigenvalue weighted by Gasteiger charge is 2.45. The molecule has 3 unspecified atom stereocenters. The number of hydrogen-bond acceptors (Lipinski definition) is 5. The Labute approximate surface area is 152 Å². The Morgan fingerprint density at radius 2 is 2.08 bits per heavy atom. The van der Waals surface area contributed by atoms with Crippen LogP contribution in [0.3, 0.4) is 0 Å². The Morgan fingerprint density at radius 3 is 2.62 bits per heavy atom. The van der Waals surface area contributed by atoms with E-state index in [-0.39, 0.29) is 13.0 Å². The average Bonchev–Trinajstić information content (AvgIpc) is 2.88. The van der Waals surface area contributed by atoms with Crippen LogP contribution in [-0.4, -0.2) is 46.5 Å². The lowest BCUT2D eigenvalue weighted by atomic mass is 10.0. The maximum atomic E-state index is 12.2. The van der Waals surface area contributed by atoms with E-state index in [2.05, 4.69) is 15.9 Å². The second kappa shape index (κ2) is 7.65. The van der Waals surface area contributed by atoms with E-state index in [1.165, 1.54) is 11.2 Å². The first kappa shape index (κ1) is 18.9. The molecule has 0 bridgehead atoms. The third-order valence-corrected chi connectivity index (χ3v) is 6.10. The van der Waals surface area contributed by atoms with E-state index in [0.29, 0.717) is 12.2 Å². The van der Waals surface area contributed by atoms with Gasteiger partial charge in [-0.15, -0.1) is 0 Å². The van der Waals surface area contributed by atoms with Gasteiger partial charge in [-0.3, -0.25) is 13.9 Å². The lowest BCUT2D eigenvalue weighted by Crippen LogP contribution is -2.44. The highest BCUT2D eigenvalue weighted by molar-refractivity contribution is 9.10. The molecule has 1 aliphatic rings. The third kappa shape index (κ3) is 3.97. The number of cyclic esters (lactones) is 1. The lowest BCUT2D eigenvalue weighted by Gasteiger charge is -2.26. The molecule has 0 N–H and O–H groups in total. The molecule has 8 heteroatoms. The van der Waals surface area contributed by atoms with Crippen LogP contribution in [0.4, 0.5) is 10.5 Å². The summed E-state index contributed by atoms with van der Waals surface area (Å²) in [6, 6.07) is 7.27. The van der Waals surface area contributed by atoms with Gasteiger partial charge in [-0.1, -0.05) is 15.9 Å². The number of carbonyl (C=O) groups is 2. The van der Waals surface area contributed by atoms with Gasteiger partial charge in [0.15, 0.2) is 0 Å². The number of halogens is 1. The van der Waals surface area contributed by atoms with Gasteiger partial charge in [-0.2, -0.15) is 0 Å². The van der Waals surface area contributed by atoms with E-state index >= 15 is 0 Å². The Bertz CT molecular complexity index is 650. The molecule has 1 fully saturated rings. The zero-order valence-electron chi connectivity index (χ0n) is 13.8. The average molecular weight is 418 g/mol. The molecule has 3 atom stereocenters. The van der Waals surface area contributed by atoms with Crippen molar-refractivity contribution < 1.29 is 23.3 Å². The van der Waals surface area contributed by atoms with E-state index < -0.39 is 33.7 Å². The summed E-state index contributed by atoms with van der Waals surface area (Å²) in [5, 5.41) is 0. The predicted octanol–water partition coefficient (Wildman–Crippen LogP) is 2.86. The molecule has 1 heterocycles. The first-order valence-corrected chi connectivity index (χ1v) is 9.87. The number of esters is 1. The van der Waals surface area contributed by atoms with Crippen molar-refractivity contribution in [2.75, 3.05) is 24.3 Å². The minimum absolute atomic E-state index is 0.147. The molecule has 1 amide bonds. The number of rotatable bonds is 6. The molecule has 1 aromatic carbocycles. The summed E-state index contributed by atoms with van der Waals surface area (Å²) in [4.78, 5) is 25.8.